The van der Waals surface area contributed by atoms with Crippen LogP contribution in [0.5, 0.6) is 17.4 Å². The number of aliphatic hydroxyl groups is 1. The SMILES string of the molecule is COc1ccccc1-c1cc(Oc2cc(C#N)ccc2-c2ccc(C(O)CN)cn2)n(C)n1. The van der Waals surface area contributed by atoms with Crippen molar-refractivity contribution in [1.82, 2.24) is 14.8 Å². The van der Waals surface area contributed by atoms with Gasteiger partial charge in [-0.3, -0.25) is 4.98 Å². The molecule has 0 amide bonds. The van der Waals surface area contributed by atoms with Gasteiger partial charge in [0.1, 0.15) is 11.5 Å². The molecule has 0 fully saturated rings. The molecule has 0 saturated heterocycles. The van der Waals surface area contributed by atoms with Crippen molar-refractivity contribution >= 4 is 0 Å². The van der Waals surface area contributed by atoms with E-state index >= 15 is 0 Å². The minimum absolute atomic E-state index is 0.112. The summed E-state index contributed by atoms with van der Waals surface area (Å²) in [5.41, 5.74) is 9.48. The lowest BCUT2D eigenvalue weighted by molar-refractivity contribution is 0.186. The molecule has 2 aromatic carbocycles. The topological polar surface area (TPSA) is 119 Å². The molecule has 3 N–H and O–H groups in total. The van der Waals surface area contributed by atoms with Gasteiger partial charge in [0.15, 0.2) is 0 Å². The number of para-hydroxylation sites is 1. The fraction of sp³-hybridized carbons (Fsp3) is 0.160. The van der Waals surface area contributed by atoms with Gasteiger partial charge < -0.3 is 20.3 Å². The first-order valence-electron chi connectivity index (χ1n) is 10.3. The highest BCUT2D eigenvalue weighted by Gasteiger charge is 2.16. The second kappa shape index (κ2) is 9.53. The number of hydrogen-bond donors (Lipinski definition) is 2. The third-order valence-corrected chi connectivity index (χ3v) is 5.22. The van der Waals surface area contributed by atoms with Crippen LogP contribution < -0.4 is 15.2 Å². The fourth-order valence-corrected chi connectivity index (χ4v) is 3.43. The average molecular weight is 441 g/mol. The van der Waals surface area contributed by atoms with Gasteiger partial charge in [-0.05, 0) is 36.4 Å². The van der Waals surface area contributed by atoms with Crippen LogP contribution in [0.1, 0.15) is 17.2 Å². The van der Waals surface area contributed by atoms with Crippen molar-refractivity contribution in [3.8, 4) is 46.0 Å². The number of methoxy groups -OCH3 is 1. The first-order valence-corrected chi connectivity index (χ1v) is 10.3. The molecule has 1 unspecified atom stereocenters. The second-order valence-corrected chi connectivity index (χ2v) is 7.34. The van der Waals surface area contributed by atoms with E-state index in [1.807, 2.05) is 30.3 Å². The largest absolute Gasteiger partial charge is 0.496 e. The third-order valence-electron chi connectivity index (χ3n) is 5.22. The summed E-state index contributed by atoms with van der Waals surface area (Å²) >= 11 is 0. The molecular formula is C25H23N5O3. The van der Waals surface area contributed by atoms with E-state index in [0.717, 1.165) is 5.56 Å². The number of aliphatic hydroxyl groups excluding tert-OH is 1. The van der Waals surface area contributed by atoms with Crippen molar-refractivity contribution in [1.29, 1.82) is 5.26 Å². The molecule has 0 aliphatic heterocycles. The zero-order valence-electron chi connectivity index (χ0n) is 18.3. The van der Waals surface area contributed by atoms with Crippen LogP contribution in [0.2, 0.25) is 0 Å². The molecule has 4 aromatic rings. The van der Waals surface area contributed by atoms with Crippen molar-refractivity contribution < 1.29 is 14.6 Å². The summed E-state index contributed by atoms with van der Waals surface area (Å²) in [5, 5.41) is 23.9. The van der Waals surface area contributed by atoms with Gasteiger partial charge >= 0.3 is 0 Å². The van der Waals surface area contributed by atoms with Crippen LogP contribution in [-0.4, -0.2) is 33.5 Å². The van der Waals surface area contributed by atoms with Gasteiger partial charge in [0, 0.05) is 42.5 Å². The Balaban J connectivity index is 1.72. The third kappa shape index (κ3) is 4.55. The molecule has 4 rings (SSSR count). The summed E-state index contributed by atoms with van der Waals surface area (Å²) in [7, 11) is 3.40. The van der Waals surface area contributed by atoms with Crippen LogP contribution in [0, 0.1) is 11.3 Å². The number of aryl methyl sites for hydroxylation is 1. The fourth-order valence-electron chi connectivity index (χ4n) is 3.43. The number of nitrogens with zero attached hydrogens (tertiary/aromatic N) is 4. The van der Waals surface area contributed by atoms with E-state index in [1.165, 1.54) is 0 Å². The normalized spacial score (nSPS) is 11.6. The number of benzene rings is 2. The van der Waals surface area contributed by atoms with Crippen molar-refractivity contribution in [3.63, 3.8) is 0 Å². The second-order valence-electron chi connectivity index (χ2n) is 7.34. The maximum absolute atomic E-state index is 9.93. The van der Waals surface area contributed by atoms with E-state index in [0.29, 0.717) is 45.5 Å². The van der Waals surface area contributed by atoms with Crippen LogP contribution in [0.25, 0.3) is 22.5 Å². The molecule has 0 radical (unpaired) electrons. The number of hydrogen-bond acceptors (Lipinski definition) is 7. The van der Waals surface area contributed by atoms with Gasteiger partial charge in [0.05, 0.1) is 36.2 Å². The molecule has 0 aliphatic rings. The summed E-state index contributed by atoms with van der Waals surface area (Å²) in [6.45, 7) is 0.112. The highest BCUT2D eigenvalue weighted by Crippen LogP contribution is 2.36. The van der Waals surface area contributed by atoms with E-state index in [1.54, 1.807) is 55.4 Å². The van der Waals surface area contributed by atoms with Gasteiger partial charge in [0.25, 0.3) is 0 Å². The molecule has 8 nitrogen and oxygen atoms in total. The lowest BCUT2D eigenvalue weighted by atomic mass is 10.1. The molecule has 166 valence electrons. The molecule has 2 heterocycles. The summed E-state index contributed by atoms with van der Waals surface area (Å²) in [4.78, 5) is 4.46. The quantitative estimate of drug-likeness (QED) is 0.447. The van der Waals surface area contributed by atoms with Gasteiger partial charge in [-0.2, -0.15) is 10.4 Å². The predicted octanol–water partition coefficient (Wildman–Crippen LogP) is 3.81. The predicted molar refractivity (Wildman–Crippen MR) is 124 cm³/mol. The van der Waals surface area contributed by atoms with Crippen molar-refractivity contribution in [2.75, 3.05) is 13.7 Å². The van der Waals surface area contributed by atoms with E-state index in [-0.39, 0.29) is 6.54 Å². The summed E-state index contributed by atoms with van der Waals surface area (Å²) in [5.74, 6) is 1.66. The Bertz CT molecular complexity index is 1310. The van der Waals surface area contributed by atoms with Crippen molar-refractivity contribution in [2.24, 2.45) is 12.8 Å². The van der Waals surface area contributed by atoms with E-state index in [4.69, 9.17) is 15.2 Å². The Kier molecular flexibility index (Phi) is 6.36. The Morgan fingerprint density at radius 3 is 2.55 bits per heavy atom. The highest BCUT2D eigenvalue weighted by atomic mass is 16.5. The summed E-state index contributed by atoms with van der Waals surface area (Å²) in [6.07, 6.45) is 0.810. The van der Waals surface area contributed by atoms with Crippen LogP contribution >= 0.6 is 0 Å². The Morgan fingerprint density at radius 1 is 1.06 bits per heavy atom. The highest BCUT2D eigenvalue weighted by molar-refractivity contribution is 5.70. The molecule has 0 bridgehead atoms. The van der Waals surface area contributed by atoms with Gasteiger partial charge in [-0.25, -0.2) is 4.68 Å². The molecule has 0 aliphatic carbocycles. The smallest absolute Gasteiger partial charge is 0.218 e. The Morgan fingerprint density at radius 2 is 1.85 bits per heavy atom. The number of nitriles is 1. The van der Waals surface area contributed by atoms with E-state index < -0.39 is 6.10 Å². The van der Waals surface area contributed by atoms with Gasteiger partial charge in [-0.15, -0.1) is 0 Å². The number of rotatable bonds is 7. The maximum Gasteiger partial charge on any atom is 0.218 e. The van der Waals surface area contributed by atoms with Gasteiger partial charge in [0.2, 0.25) is 5.88 Å². The number of aromatic nitrogens is 3. The number of pyridine rings is 1. The van der Waals surface area contributed by atoms with Crippen molar-refractivity contribution in [2.45, 2.75) is 6.10 Å². The minimum atomic E-state index is -0.772. The zero-order valence-corrected chi connectivity index (χ0v) is 18.3. The number of ether oxygens (including phenoxy) is 2. The molecule has 0 spiro atoms. The van der Waals surface area contributed by atoms with Crippen LogP contribution in [0.3, 0.4) is 0 Å². The first-order chi connectivity index (χ1) is 16.0. The Labute approximate surface area is 191 Å². The van der Waals surface area contributed by atoms with Crippen molar-refractivity contribution in [3.05, 3.63) is 78.0 Å². The van der Waals surface area contributed by atoms with Crippen LogP contribution in [-0.2, 0) is 7.05 Å². The minimum Gasteiger partial charge on any atom is -0.496 e. The standard InChI is InChI=1S/C25H23N5O3/c1-30-25(12-21(29-30)18-5-3-4-6-23(18)32-2)33-24-11-16(13-26)7-9-19(24)20-10-8-17(15-28-20)22(31)14-27/h3-12,15,22,31H,14,27H2,1-2H3. The molecule has 0 saturated carbocycles. The Hall–Kier alpha value is -4.19. The van der Waals surface area contributed by atoms with E-state index in [2.05, 4.69) is 16.2 Å². The molecule has 2 aromatic heterocycles. The van der Waals surface area contributed by atoms with Crippen LogP contribution in [0.15, 0.2) is 66.9 Å². The maximum atomic E-state index is 9.93. The monoisotopic (exact) mass is 441 g/mol. The van der Waals surface area contributed by atoms with Crippen LogP contribution in [0.4, 0.5) is 0 Å². The molecular weight excluding hydrogens is 418 g/mol. The summed E-state index contributed by atoms with van der Waals surface area (Å²) in [6, 6.07) is 20.3. The molecule has 1 atom stereocenters. The lowest BCUT2D eigenvalue weighted by Crippen LogP contribution is -2.11. The number of nitrogens with two attached hydrogens (primary N) is 1. The summed E-state index contributed by atoms with van der Waals surface area (Å²) < 4.78 is 13.3. The molecule has 33 heavy (non-hydrogen) atoms. The first kappa shape index (κ1) is 22.0. The van der Waals surface area contributed by atoms with E-state index in [9.17, 15) is 10.4 Å². The zero-order chi connectivity index (χ0) is 23.4. The molecule has 8 heteroatoms. The van der Waals surface area contributed by atoms with Gasteiger partial charge in [-0.1, -0.05) is 18.2 Å². The average Bonchev–Trinajstić information content (AvgIpc) is 3.23. The lowest BCUT2D eigenvalue weighted by Gasteiger charge is -2.12.